The Morgan fingerprint density at radius 1 is 1.25 bits per heavy atom. The number of benzene rings is 2. The number of amides is 1. The van der Waals surface area contributed by atoms with Crippen molar-refractivity contribution >= 4 is 33.2 Å². The molecule has 0 saturated carbocycles. The highest BCUT2D eigenvalue weighted by atomic mass is 35.5. The summed E-state index contributed by atoms with van der Waals surface area (Å²) >= 11 is 5.81. The van der Waals surface area contributed by atoms with Gasteiger partial charge in [0.2, 0.25) is 5.91 Å². The van der Waals surface area contributed by atoms with E-state index >= 15 is 0 Å². The van der Waals surface area contributed by atoms with E-state index in [1.807, 2.05) is 0 Å². The lowest BCUT2D eigenvalue weighted by molar-refractivity contribution is -0.119. The van der Waals surface area contributed by atoms with Crippen molar-refractivity contribution in [3.05, 3.63) is 59.1 Å². The summed E-state index contributed by atoms with van der Waals surface area (Å²) in [5.74, 6) is 2.00. The standard InChI is InChI=1S/C17H15ClN2O3S/c1-3-13-5-4-6-15(11-13)20(12-17(21)19-2)24(22,23)16-9-7-14(18)8-10-16/h1,4-11H,12H2,2H3,(H,19,21). The van der Waals surface area contributed by atoms with Crippen LogP contribution in [0, 0.1) is 12.3 Å². The number of anilines is 1. The fraction of sp³-hybridized carbons (Fsp3) is 0.118. The molecule has 0 saturated heterocycles. The first kappa shape index (κ1) is 17.9. The quantitative estimate of drug-likeness (QED) is 0.830. The Kier molecular flexibility index (Phi) is 5.50. The molecular weight excluding hydrogens is 348 g/mol. The van der Waals surface area contributed by atoms with Crippen molar-refractivity contribution in [1.29, 1.82) is 0 Å². The fourth-order valence-corrected chi connectivity index (χ4v) is 3.55. The normalized spacial score (nSPS) is 10.7. The SMILES string of the molecule is C#Cc1cccc(N(CC(=O)NC)S(=O)(=O)c2ccc(Cl)cc2)c1. The highest BCUT2D eigenvalue weighted by molar-refractivity contribution is 7.92. The minimum absolute atomic E-state index is 0.0295. The van der Waals surface area contributed by atoms with Crippen molar-refractivity contribution in [3.63, 3.8) is 0 Å². The van der Waals surface area contributed by atoms with Crippen molar-refractivity contribution in [2.45, 2.75) is 4.90 Å². The summed E-state index contributed by atoms with van der Waals surface area (Å²) < 4.78 is 26.9. The van der Waals surface area contributed by atoms with E-state index in [4.69, 9.17) is 18.0 Å². The van der Waals surface area contributed by atoms with Crippen LogP contribution in [0.5, 0.6) is 0 Å². The minimum atomic E-state index is -3.96. The number of nitrogens with zero attached hydrogens (tertiary/aromatic N) is 1. The average Bonchev–Trinajstić information content (AvgIpc) is 2.59. The van der Waals surface area contributed by atoms with Gasteiger partial charge in [0.25, 0.3) is 10.0 Å². The van der Waals surface area contributed by atoms with Gasteiger partial charge < -0.3 is 5.32 Å². The minimum Gasteiger partial charge on any atom is -0.358 e. The number of sulfonamides is 1. The average molecular weight is 363 g/mol. The van der Waals surface area contributed by atoms with Crippen molar-refractivity contribution in [1.82, 2.24) is 5.32 Å². The second-order valence-corrected chi connectivity index (χ2v) is 7.13. The molecule has 0 aliphatic rings. The summed E-state index contributed by atoms with van der Waals surface area (Å²) in [5.41, 5.74) is 0.824. The van der Waals surface area contributed by atoms with Gasteiger partial charge in [0.1, 0.15) is 6.54 Å². The van der Waals surface area contributed by atoms with Crippen LogP contribution in [-0.4, -0.2) is 27.9 Å². The summed E-state index contributed by atoms with van der Waals surface area (Å²) in [6, 6.07) is 12.2. The molecule has 0 bridgehead atoms. The molecule has 0 unspecified atom stereocenters. The number of hydrogen-bond acceptors (Lipinski definition) is 3. The molecule has 2 aromatic rings. The number of carbonyl (C=O) groups excluding carboxylic acids is 1. The summed E-state index contributed by atoms with van der Waals surface area (Å²) in [4.78, 5) is 11.8. The smallest absolute Gasteiger partial charge is 0.264 e. The van der Waals surface area contributed by atoms with Gasteiger partial charge in [-0.05, 0) is 42.5 Å². The number of carbonyl (C=O) groups is 1. The van der Waals surface area contributed by atoms with Gasteiger partial charge >= 0.3 is 0 Å². The molecule has 0 aromatic heterocycles. The van der Waals surface area contributed by atoms with Gasteiger partial charge in [-0.1, -0.05) is 23.6 Å². The third-order valence-corrected chi connectivity index (χ3v) is 5.31. The summed E-state index contributed by atoms with van der Waals surface area (Å²) in [5, 5.41) is 2.84. The van der Waals surface area contributed by atoms with E-state index in [1.165, 1.54) is 37.4 Å². The lowest BCUT2D eigenvalue weighted by atomic mass is 10.2. The van der Waals surface area contributed by atoms with Crippen LogP contribution in [0.3, 0.4) is 0 Å². The number of halogens is 1. The van der Waals surface area contributed by atoms with Gasteiger partial charge in [-0.3, -0.25) is 9.10 Å². The lowest BCUT2D eigenvalue weighted by Crippen LogP contribution is -2.39. The zero-order valence-corrected chi connectivity index (χ0v) is 14.4. The Hall–Kier alpha value is -2.49. The van der Waals surface area contributed by atoms with Gasteiger partial charge in [-0.15, -0.1) is 6.42 Å². The molecule has 5 nitrogen and oxygen atoms in total. The zero-order chi connectivity index (χ0) is 17.7. The maximum Gasteiger partial charge on any atom is 0.264 e. The summed E-state index contributed by atoms with van der Waals surface area (Å²) in [6.07, 6.45) is 5.37. The van der Waals surface area contributed by atoms with E-state index in [0.717, 1.165) is 4.31 Å². The molecule has 24 heavy (non-hydrogen) atoms. The van der Waals surface area contributed by atoms with Crippen LogP contribution >= 0.6 is 11.6 Å². The molecular formula is C17H15ClN2O3S. The maximum absolute atomic E-state index is 12.9. The third-order valence-electron chi connectivity index (χ3n) is 3.27. The second kappa shape index (κ2) is 7.39. The monoisotopic (exact) mass is 362 g/mol. The Morgan fingerprint density at radius 3 is 2.50 bits per heavy atom. The predicted octanol–water partition coefficient (Wildman–Crippen LogP) is 2.26. The van der Waals surface area contributed by atoms with E-state index in [-0.39, 0.29) is 11.4 Å². The Labute approximate surface area is 146 Å². The third kappa shape index (κ3) is 3.88. The Balaban J connectivity index is 2.54. The molecule has 0 aliphatic carbocycles. The molecule has 0 fully saturated rings. The van der Waals surface area contributed by atoms with Crippen LogP contribution in [0.25, 0.3) is 0 Å². The Bertz CT molecular complexity index is 887. The number of terminal acetylenes is 1. The molecule has 7 heteroatoms. The van der Waals surface area contributed by atoms with Gasteiger partial charge in [0.05, 0.1) is 10.6 Å². The van der Waals surface area contributed by atoms with Gasteiger partial charge in [0.15, 0.2) is 0 Å². The van der Waals surface area contributed by atoms with E-state index in [9.17, 15) is 13.2 Å². The highest BCUT2D eigenvalue weighted by Crippen LogP contribution is 2.25. The molecule has 0 heterocycles. The Morgan fingerprint density at radius 2 is 1.92 bits per heavy atom. The number of nitrogens with one attached hydrogen (secondary N) is 1. The molecule has 0 spiro atoms. The van der Waals surface area contributed by atoms with E-state index in [0.29, 0.717) is 16.3 Å². The van der Waals surface area contributed by atoms with Crippen LogP contribution in [-0.2, 0) is 14.8 Å². The van der Waals surface area contributed by atoms with Crippen molar-refractivity contribution in [2.75, 3.05) is 17.9 Å². The maximum atomic E-state index is 12.9. The molecule has 0 radical (unpaired) electrons. The predicted molar refractivity (Wildman–Crippen MR) is 94.4 cm³/mol. The van der Waals surface area contributed by atoms with E-state index in [1.54, 1.807) is 18.2 Å². The molecule has 2 aromatic carbocycles. The topological polar surface area (TPSA) is 66.5 Å². The van der Waals surface area contributed by atoms with Gasteiger partial charge in [-0.25, -0.2) is 8.42 Å². The van der Waals surface area contributed by atoms with Crippen molar-refractivity contribution in [2.24, 2.45) is 0 Å². The van der Waals surface area contributed by atoms with E-state index in [2.05, 4.69) is 11.2 Å². The molecule has 124 valence electrons. The van der Waals surface area contributed by atoms with Crippen LogP contribution in [0.1, 0.15) is 5.56 Å². The van der Waals surface area contributed by atoms with Gasteiger partial charge in [-0.2, -0.15) is 0 Å². The van der Waals surface area contributed by atoms with Crippen LogP contribution < -0.4 is 9.62 Å². The highest BCUT2D eigenvalue weighted by Gasteiger charge is 2.27. The first-order chi connectivity index (χ1) is 11.4. The number of rotatable bonds is 5. The fourth-order valence-electron chi connectivity index (χ4n) is 2.01. The van der Waals surface area contributed by atoms with Crippen molar-refractivity contribution in [3.8, 4) is 12.3 Å². The number of hydrogen-bond donors (Lipinski definition) is 1. The molecule has 2 rings (SSSR count). The first-order valence-corrected chi connectivity index (χ1v) is 8.76. The zero-order valence-electron chi connectivity index (χ0n) is 12.9. The summed E-state index contributed by atoms with van der Waals surface area (Å²) in [6.45, 7) is -0.366. The number of likely N-dealkylation sites (N-methyl/N-ethyl adjacent to an activating group) is 1. The van der Waals surface area contributed by atoms with Crippen LogP contribution in [0.2, 0.25) is 5.02 Å². The first-order valence-electron chi connectivity index (χ1n) is 6.94. The van der Waals surface area contributed by atoms with Gasteiger partial charge in [0, 0.05) is 17.6 Å². The largest absolute Gasteiger partial charge is 0.358 e. The van der Waals surface area contributed by atoms with Crippen molar-refractivity contribution < 1.29 is 13.2 Å². The second-order valence-electron chi connectivity index (χ2n) is 4.83. The lowest BCUT2D eigenvalue weighted by Gasteiger charge is -2.24. The van der Waals surface area contributed by atoms with E-state index < -0.39 is 15.9 Å². The van der Waals surface area contributed by atoms with Crippen LogP contribution in [0.4, 0.5) is 5.69 Å². The molecule has 1 N–H and O–H groups in total. The molecule has 1 amide bonds. The molecule has 0 atom stereocenters. The molecule has 0 aliphatic heterocycles. The summed E-state index contributed by atoms with van der Waals surface area (Å²) in [7, 11) is -2.52. The van der Waals surface area contributed by atoms with Crippen LogP contribution in [0.15, 0.2) is 53.4 Å².